The SMILES string of the molecule is Nc1cnc(NS(=O)(=O)CCCC(F)(F)F)c(Br)c1. The van der Waals surface area contributed by atoms with Gasteiger partial charge in [0, 0.05) is 6.42 Å². The quantitative estimate of drug-likeness (QED) is 0.843. The largest absolute Gasteiger partial charge is 0.397 e. The van der Waals surface area contributed by atoms with E-state index in [9.17, 15) is 21.6 Å². The van der Waals surface area contributed by atoms with Gasteiger partial charge in [-0.1, -0.05) is 0 Å². The molecule has 0 radical (unpaired) electrons. The topological polar surface area (TPSA) is 85.1 Å². The van der Waals surface area contributed by atoms with Gasteiger partial charge in [-0.3, -0.25) is 4.72 Å². The van der Waals surface area contributed by atoms with Gasteiger partial charge in [0.15, 0.2) is 5.82 Å². The van der Waals surface area contributed by atoms with Crippen molar-refractivity contribution in [3.8, 4) is 0 Å². The van der Waals surface area contributed by atoms with Gasteiger partial charge in [-0.05, 0) is 28.4 Å². The lowest BCUT2D eigenvalue weighted by Crippen LogP contribution is -2.19. The highest BCUT2D eigenvalue weighted by molar-refractivity contribution is 9.10. The maximum absolute atomic E-state index is 11.9. The highest BCUT2D eigenvalue weighted by Crippen LogP contribution is 2.24. The lowest BCUT2D eigenvalue weighted by atomic mass is 10.3. The van der Waals surface area contributed by atoms with Gasteiger partial charge in [0.05, 0.1) is 22.1 Å². The minimum atomic E-state index is -4.37. The maximum atomic E-state index is 11.9. The number of sulfonamides is 1. The molecule has 0 saturated heterocycles. The monoisotopic (exact) mass is 361 g/mol. The van der Waals surface area contributed by atoms with E-state index < -0.39 is 34.8 Å². The van der Waals surface area contributed by atoms with Gasteiger partial charge >= 0.3 is 6.18 Å². The van der Waals surface area contributed by atoms with Crippen molar-refractivity contribution in [1.29, 1.82) is 0 Å². The Morgan fingerprint density at radius 2 is 2.05 bits per heavy atom. The fourth-order valence-electron chi connectivity index (χ4n) is 1.19. The second-order valence-corrected chi connectivity index (χ2v) is 6.43. The van der Waals surface area contributed by atoms with Crippen LogP contribution in [0.3, 0.4) is 0 Å². The Morgan fingerprint density at radius 1 is 1.42 bits per heavy atom. The second-order valence-electron chi connectivity index (χ2n) is 3.74. The minimum absolute atomic E-state index is 0.0128. The van der Waals surface area contributed by atoms with E-state index in [0.29, 0.717) is 10.2 Å². The van der Waals surface area contributed by atoms with Crippen LogP contribution >= 0.6 is 15.9 Å². The van der Waals surface area contributed by atoms with Gasteiger partial charge in [0.25, 0.3) is 0 Å². The van der Waals surface area contributed by atoms with E-state index in [4.69, 9.17) is 5.73 Å². The third-order valence-electron chi connectivity index (χ3n) is 1.99. The van der Waals surface area contributed by atoms with Gasteiger partial charge in [0.2, 0.25) is 10.0 Å². The zero-order valence-electron chi connectivity index (χ0n) is 9.54. The van der Waals surface area contributed by atoms with Crippen LogP contribution in [0, 0.1) is 0 Å². The van der Waals surface area contributed by atoms with Crippen LogP contribution in [-0.2, 0) is 10.0 Å². The molecule has 0 unspecified atom stereocenters. The van der Waals surface area contributed by atoms with Crippen molar-refractivity contribution < 1.29 is 21.6 Å². The van der Waals surface area contributed by atoms with Gasteiger partial charge in [-0.25, -0.2) is 13.4 Å². The number of aromatic nitrogens is 1. The molecule has 0 aliphatic carbocycles. The Bertz CT molecular complexity index is 548. The Labute approximate surface area is 116 Å². The molecule has 5 nitrogen and oxygen atoms in total. The molecule has 0 spiro atoms. The lowest BCUT2D eigenvalue weighted by Gasteiger charge is -2.10. The molecule has 0 atom stereocenters. The molecular weight excluding hydrogens is 351 g/mol. The number of alkyl halides is 3. The molecule has 3 N–H and O–H groups in total. The van der Waals surface area contributed by atoms with Gasteiger partial charge < -0.3 is 5.73 Å². The molecule has 1 aromatic heterocycles. The molecule has 0 fully saturated rings. The van der Waals surface area contributed by atoms with Crippen molar-refractivity contribution in [3.63, 3.8) is 0 Å². The fourth-order valence-corrected chi connectivity index (χ4v) is 2.87. The summed E-state index contributed by atoms with van der Waals surface area (Å²) in [6, 6.07) is 1.43. The van der Waals surface area contributed by atoms with Crippen molar-refractivity contribution in [1.82, 2.24) is 4.98 Å². The predicted molar refractivity (Wildman–Crippen MR) is 69.0 cm³/mol. The molecule has 1 heterocycles. The number of nitrogens with zero attached hydrogens (tertiary/aromatic N) is 1. The predicted octanol–water partition coefficient (Wildman–Crippen LogP) is 2.51. The molecule has 10 heteroatoms. The van der Waals surface area contributed by atoms with Gasteiger partial charge in [0.1, 0.15) is 0 Å². The normalized spacial score (nSPS) is 12.4. The van der Waals surface area contributed by atoms with Crippen LogP contribution in [0.5, 0.6) is 0 Å². The number of hydrogen-bond donors (Lipinski definition) is 2. The van der Waals surface area contributed by atoms with Crippen molar-refractivity contribution in [3.05, 3.63) is 16.7 Å². The van der Waals surface area contributed by atoms with Crippen LogP contribution < -0.4 is 10.5 Å². The van der Waals surface area contributed by atoms with E-state index in [1.54, 1.807) is 0 Å². The van der Waals surface area contributed by atoms with E-state index in [1.807, 2.05) is 0 Å². The second kappa shape index (κ2) is 5.95. The summed E-state index contributed by atoms with van der Waals surface area (Å²) in [6.45, 7) is 0. The molecule has 0 bridgehead atoms. The lowest BCUT2D eigenvalue weighted by molar-refractivity contribution is -0.134. The Kier molecular flexibility index (Phi) is 5.02. The zero-order valence-corrected chi connectivity index (χ0v) is 11.9. The summed E-state index contributed by atoms with van der Waals surface area (Å²) in [6.07, 6.45) is -4.79. The number of pyridine rings is 1. The summed E-state index contributed by atoms with van der Waals surface area (Å²) in [7, 11) is -3.88. The Morgan fingerprint density at radius 3 is 2.58 bits per heavy atom. The summed E-state index contributed by atoms with van der Waals surface area (Å²) >= 11 is 3.05. The van der Waals surface area contributed by atoms with Crippen molar-refractivity contribution in [2.75, 3.05) is 16.2 Å². The van der Waals surface area contributed by atoms with Gasteiger partial charge in [-0.2, -0.15) is 13.2 Å². The molecule has 0 aliphatic rings. The first-order valence-electron chi connectivity index (χ1n) is 5.07. The van der Waals surface area contributed by atoms with Crippen molar-refractivity contribution >= 4 is 37.5 Å². The third-order valence-corrected chi connectivity index (χ3v) is 3.92. The zero-order chi connectivity index (χ0) is 14.7. The van der Waals surface area contributed by atoms with E-state index >= 15 is 0 Å². The Hall–Kier alpha value is -1.03. The molecule has 19 heavy (non-hydrogen) atoms. The summed E-state index contributed by atoms with van der Waals surface area (Å²) in [5.41, 5.74) is 5.75. The number of hydrogen-bond acceptors (Lipinski definition) is 4. The van der Waals surface area contributed by atoms with Crippen LogP contribution in [0.4, 0.5) is 24.7 Å². The Balaban J connectivity index is 2.64. The third kappa shape index (κ3) is 6.10. The van der Waals surface area contributed by atoms with Crippen LogP contribution in [0.15, 0.2) is 16.7 Å². The molecule has 1 aromatic rings. The standard InChI is InChI=1S/C9H11BrF3N3O2S/c10-7-4-6(14)5-15-8(7)16-19(17,18)3-1-2-9(11,12)13/h4-5H,1-3,14H2,(H,15,16). The molecule has 0 saturated carbocycles. The minimum Gasteiger partial charge on any atom is -0.397 e. The first kappa shape index (κ1) is 16.0. The fraction of sp³-hybridized carbons (Fsp3) is 0.444. The number of nitrogens with two attached hydrogens (primary N) is 1. The van der Waals surface area contributed by atoms with Crippen LogP contribution in [0.25, 0.3) is 0 Å². The average molecular weight is 362 g/mol. The van der Waals surface area contributed by atoms with Gasteiger partial charge in [-0.15, -0.1) is 0 Å². The number of anilines is 2. The molecule has 108 valence electrons. The molecular formula is C9H11BrF3N3O2S. The van der Waals surface area contributed by atoms with Crippen molar-refractivity contribution in [2.45, 2.75) is 19.0 Å². The van der Waals surface area contributed by atoms with Crippen LogP contribution in [0.2, 0.25) is 0 Å². The molecule has 1 rings (SSSR count). The first-order valence-corrected chi connectivity index (χ1v) is 7.52. The van der Waals surface area contributed by atoms with E-state index in [-0.39, 0.29) is 5.82 Å². The molecule has 0 aliphatic heterocycles. The summed E-state index contributed by atoms with van der Waals surface area (Å²) in [5, 5.41) is 0. The first-order chi connectivity index (χ1) is 8.59. The highest BCUT2D eigenvalue weighted by Gasteiger charge is 2.27. The summed E-state index contributed by atoms with van der Waals surface area (Å²) in [4.78, 5) is 3.74. The number of rotatable bonds is 5. The van der Waals surface area contributed by atoms with Crippen molar-refractivity contribution in [2.24, 2.45) is 0 Å². The number of nitrogens with one attached hydrogen (secondary N) is 1. The molecule has 0 aromatic carbocycles. The maximum Gasteiger partial charge on any atom is 0.389 e. The van der Waals surface area contributed by atoms with Crippen LogP contribution in [0.1, 0.15) is 12.8 Å². The van der Waals surface area contributed by atoms with E-state index in [0.717, 1.165) is 0 Å². The highest BCUT2D eigenvalue weighted by atomic mass is 79.9. The molecule has 0 amide bonds. The summed E-state index contributed by atoms with van der Waals surface area (Å²) in [5.74, 6) is -0.647. The number of halogens is 4. The van der Waals surface area contributed by atoms with E-state index in [1.165, 1.54) is 12.3 Å². The summed E-state index contributed by atoms with van der Waals surface area (Å²) < 4.78 is 61.3. The van der Waals surface area contributed by atoms with Crippen LogP contribution in [-0.4, -0.2) is 25.3 Å². The number of nitrogen functional groups attached to an aromatic ring is 1. The smallest absolute Gasteiger partial charge is 0.389 e. The average Bonchev–Trinajstić information content (AvgIpc) is 2.20. The van der Waals surface area contributed by atoms with E-state index in [2.05, 4.69) is 25.6 Å².